The number of carbonyl (C=O) groups is 1. The Bertz CT molecular complexity index is 1410. The second-order valence-corrected chi connectivity index (χ2v) is 10.2. The smallest absolute Gasteiger partial charge is 0.264 e. The molecule has 0 heterocycles. The van der Waals surface area contributed by atoms with Crippen molar-refractivity contribution in [3.05, 3.63) is 126 Å². The number of carbonyl (C=O) groups excluding carboxylic acids is 1. The molecule has 6 nitrogen and oxygen atoms in total. The highest BCUT2D eigenvalue weighted by Crippen LogP contribution is 2.27. The summed E-state index contributed by atoms with van der Waals surface area (Å²) in [6.45, 7) is 1.61. The van der Waals surface area contributed by atoms with Crippen molar-refractivity contribution in [3.63, 3.8) is 0 Å². The maximum atomic E-state index is 13.7. The number of methoxy groups -OCH3 is 1. The van der Waals surface area contributed by atoms with Crippen molar-refractivity contribution >= 4 is 21.6 Å². The molecular formula is C29H28N2O4S. The summed E-state index contributed by atoms with van der Waals surface area (Å²) >= 11 is 0. The van der Waals surface area contributed by atoms with E-state index in [-0.39, 0.29) is 11.4 Å². The van der Waals surface area contributed by atoms with Crippen LogP contribution in [0.2, 0.25) is 0 Å². The van der Waals surface area contributed by atoms with Gasteiger partial charge in [-0.15, -0.1) is 0 Å². The number of hydrogen-bond acceptors (Lipinski definition) is 4. The van der Waals surface area contributed by atoms with E-state index in [1.807, 2.05) is 61.5 Å². The predicted octanol–water partition coefficient (Wildman–Crippen LogP) is 5.10. The molecule has 0 radical (unpaired) electrons. The first-order valence-electron chi connectivity index (χ1n) is 11.5. The van der Waals surface area contributed by atoms with Gasteiger partial charge >= 0.3 is 0 Å². The van der Waals surface area contributed by atoms with E-state index in [2.05, 4.69) is 5.32 Å². The van der Waals surface area contributed by atoms with Gasteiger partial charge in [0.25, 0.3) is 10.0 Å². The lowest BCUT2D eigenvalue weighted by Crippen LogP contribution is -2.42. The van der Waals surface area contributed by atoms with Gasteiger partial charge in [0, 0.05) is 0 Å². The molecule has 0 bridgehead atoms. The molecule has 1 N–H and O–H groups in total. The fourth-order valence-corrected chi connectivity index (χ4v) is 5.44. The zero-order valence-electron chi connectivity index (χ0n) is 20.2. The van der Waals surface area contributed by atoms with Crippen LogP contribution in [-0.2, 0) is 14.8 Å². The second-order valence-electron chi connectivity index (χ2n) is 8.29. The van der Waals surface area contributed by atoms with E-state index in [9.17, 15) is 13.2 Å². The Morgan fingerprint density at radius 3 is 2.03 bits per heavy atom. The molecule has 7 heteroatoms. The lowest BCUT2D eigenvalue weighted by molar-refractivity contribution is -0.120. The van der Waals surface area contributed by atoms with Crippen LogP contribution in [0.1, 0.15) is 22.7 Å². The van der Waals surface area contributed by atoms with Gasteiger partial charge in [0.15, 0.2) is 0 Å². The summed E-state index contributed by atoms with van der Waals surface area (Å²) in [6, 6.07) is 31.8. The molecule has 4 aromatic carbocycles. The van der Waals surface area contributed by atoms with Crippen LogP contribution in [0.15, 0.2) is 114 Å². The van der Waals surface area contributed by atoms with Gasteiger partial charge in [-0.2, -0.15) is 0 Å². The van der Waals surface area contributed by atoms with Gasteiger partial charge < -0.3 is 10.1 Å². The average Bonchev–Trinajstić information content (AvgIpc) is 2.92. The summed E-state index contributed by atoms with van der Waals surface area (Å²) in [4.78, 5) is 13.5. The summed E-state index contributed by atoms with van der Waals surface area (Å²) in [5.41, 5.74) is 3.28. The summed E-state index contributed by atoms with van der Waals surface area (Å²) in [5.74, 6) is 0.120. The molecule has 0 fully saturated rings. The molecule has 4 rings (SSSR count). The predicted molar refractivity (Wildman–Crippen MR) is 142 cm³/mol. The Morgan fingerprint density at radius 1 is 0.833 bits per heavy atom. The molecule has 0 spiro atoms. The summed E-state index contributed by atoms with van der Waals surface area (Å²) in [7, 11) is -2.51. The van der Waals surface area contributed by atoms with Crippen molar-refractivity contribution in [2.75, 3.05) is 18.0 Å². The van der Waals surface area contributed by atoms with Crippen molar-refractivity contribution in [1.82, 2.24) is 5.32 Å². The first kappa shape index (κ1) is 25.0. The van der Waals surface area contributed by atoms with Crippen LogP contribution in [0.3, 0.4) is 0 Å². The van der Waals surface area contributed by atoms with Crippen LogP contribution in [0.5, 0.6) is 5.75 Å². The van der Waals surface area contributed by atoms with Crippen LogP contribution >= 0.6 is 0 Å². The molecule has 0 saturated heterocycles. The summed E-state index contributed by atoms with van der Waals surface area (Å²) < 4.78 is 33.6. The Kier molecular flexibility index (Phi) is 7.71. The van der Waals surface area contributed by atoms with Gasteiger partial charge in [-0.25, -0.2) is 8.42 Å². The van der Waals surface area contributed by atoms with Gasteiger partial charge in [-0.3, -0.25) is 9.10 Å². The van der Waals surface area contributed by atoms with Gasteiger partial charge in [-0.1, -0.05) is 72.8 Å². The Balaban J connectivity index is 1.67. The number of amides is 1. The van der Waals surface area contributed by atoms with E-state index in [4.69, 9.17) is 4.74 Å². The molecule has 36 heavy (non-hydrogen) atoms. The number of nitrogens with one attached hydrogen (secondary N) is 1. The van der Waals surface area contributed by atoms with E-state index >= 15 is 0 Å². The molecule has 0 aliphatic carbocycles. The van der Waals surface area contributed by atoms with E-state index < -0.39 is 22.0 Å². The zero-order chi connectivity index (χ0) is 25.5. The lowest BCUT2D eigenvalue weighted by atomic mass is 9.95. The largest absolute Gasteiger partial charge is 0.497 e. The molecule has 0 unspecified atom stereocenters. The van der Waals surface area contributed by atoms with E-state index in [1.165, 1.54) is 19.2 Å². The monoisotopic (exact) mass is 500 g/mol. The van der Waals surface area contributed by atoms with Gasteiger partial charge in [0.05, 0.1) is 23.7 Å². The van der Waals surface area contributed by atoms with Crippen molar-refractivity contribution in [2.45, 2.75) is 17.9 Å². The van der Waals surface area contributed by atoms with E-state index in [0.717, 1.165) is 21.0 Å². The number of sulfonamides is 1. The molecule has 0 saturated carbocycles. The third kappa shape index (κ3) is 5.58. The minimum absolute atomic E-state index is 0.0680. The third-order valence-corrected chi connectivity index (χ3v) is 7.70. The molecule has 1 atom stereocenters. The lowest BCUT2D eigenvalue weighted by Gasteiger charge is -2.26. The van der Waals surface area contributed by atoms with Gasteiger partial charge in [0.1, 0.15) is 12.3 Å². The molecule has 0 aliphatic heterocycles. The van der Waals surface area contributed by atoms with Crippen molar-refractivity contribution in [2.24, 2.45) is 0 Å². The van der Waals surface area contributed by atoms with E-state index in [0.29, 0.717) is 11.4 Å². The number of aryl methyl sites for hydroxylation is 1. The number of hydrogen-bond donors (Lipinski definition) is 1. The van der Waals surface area contributed by atoms with Crippen LogP contribution < -0.4 is 14.4 Å². The first-order valence-corrected chi connectivity index (χ1v) is 13.0. The number of anilines is 1. The Morgan fingerprint density at radius 2 is 1.42 bits per heavy atom. The summed E-state index contributed by atoms with van der Waals surface area (Å²) in [5, 5.41) is 3.07. The minimum atomic E-state index is -4.03. The summed E-state index contributed by atoms with van der Waals surface area (Å²) in [6.07, 6.45) is 0. The standard InChI is InChI=1S/C29H28N2O4S/c1-22-11-9-10-16-27(22)29(23-12-5-3-6-13-23)30-28(32)21-31(24-14-7-4-8-15-24)36(33,34)26-19-17-25(35-2)18-20-26/h3-20,29H,21H2,1-2H3,(H,30,32)/t29-/m0/s1. The molecule has 184 valence electrons. The SMILES string of the molecule is COc1ccc(S(=O)(=O)N(CC(=O)N[C@@H](c2ccccc2)c2ccccc2C)c2ccccc2)cc1. The topological polar surface area (TPSA) is 75.7 Å². The molecule has 4 aromatic rings. The minimum Gasteiger partial charge on any atom is -0.497 e. The molecular weight excluding hydrogens is 472 g/mol. The number of rotatable bonds is 9. The fraction of sp³-hybridized carbons (Fsp3) is 0.138. The number of para-hydroxylation sites is 1. The fourth-order valence-electron chi connectivity index (χ4n) is 4.02. The molecule has 0 aliphatic rings. The number of nitrogens with zero attached hydrogens (tertiary/aromatic N) is 1. The normalized spacial score (nSPS) is 11.9. The van der Waals surface area contributed by atoms with Crippen molar-refractivity contribution < 1.29 is 17.9 Å². The molecule has 1 amide bonds. The van der Waals surface area contributed by atoms with Crippen LogP contribution in [-0.4, -0.2) is 28.0 Å². The second kappa shape index (κ2) is 11.1. The third-order valence-electron chi connectivity index (χ3n) is 5.92. The van der Waals surface area contributed by atoms with Crippen LogP contribution in [0, 0.1) is 6.92 Å². The first-order chi connectivity index (χ1) is 17.4. The quantitative estimate of drug-likeness (QED) is 0.347. The van der Waals surface area contributed by atoms with Gasteiger partial charge in [-0.05, 0) is 60.0 Å². The Labute approximate surface area is 212 Å². The highest BCUT2D eigenvalue weighted by molar-refractivity contribution is 7.92. The van der Waals surface area contributed by atoms with Crippen molar-refractivity contribution in [1.29, 1.82) is 0 Å². The highest BCUT2D eigenvalue weighted by atomic mass is 32.2. The maximum Gasteiger partial charge on any atom is 0.264 e. The van der Waals surface area contributed by atoms with Crippen molar-refractivity contribution in [3.8, 4) is 5.75 Å². The average molecular weight is 501 g/mol. The number of benzene rings is 4. The van der Waals surface area contributed by atoms with E-state index in [1.54, 1.807) is 42.5 Å². The molecule has 0 aromatic heterocycles. The van der Waals surface area contributed by atoms with Crippen LogP contribution in [0.4, 0.5) is 5.69 Å². The zero-order valence-corrected chi connectivity index (χ0v) is 21.0. The van der Waals surface area contributed by atoms with Gasteiger partial charge in [0.2, 0.25) is 5.91 Å². The highest BCUT2D eigenvalue weighted by Gasteiger charge is 2.28. The Hall–Kier alpha value is -4.10. The number of ether oxygens (including phenoxy) is 1. The maximum absolute atomic E-state index is 13.7. The van der Waals surface area contributed by atoms with Crippen LogP contribution in [0.25, 0.3) is 0 Å².